The van der Waals surface area contributed by atoms with Crippen LogP contribution in [0.2, 0.25) is 0 Å². The van der Waals surface area contributed by atoms with E-state index in [1.807, 2.05) is 42.0 Å². The molecular formula is C13H15N3OS. The summed E-state index contributed by atoms with van der Waals surface area (Å²) in [7, 11) is 0. The van der Waals surface area contributed by atoms with Crippen molar-refractivity contribution in [3.63, 3.8) is 0 Å². The normalized spacial score (nSPS) is 10.5. The van der Waals surface area contributed by atoms with E-state index >= 15 is 0 Å². The van der Waals surface area contributed by atoms with Crippen LogP contribution in [-0.4, -0.2) is 22.0 Å². The second kappa shape index (κ2) is 5.18. The molecule has 1 heterocycles. The van der Waals surface area contributed by atoms with Gasteiger partial charge in [0, 0.05) is 29.2 Å². The molecule has 0 aliphatic carbocycles. The van der Waals surface area contributed by atoms with Crippen molar-refractivity contribution in [3.8, 4) is 0 Å². The van der Waals surface area contributed by atoms with E-state index in [1.54, 1.807) is 0 Å². The molecule has 0 aliphatic rings. The zero-order valence-electron chi connectivity index (χ0n) is 10.1. The Kier molecular flexibility index (Phi) is 3.62. The van der Waals surface area contributed by atoms with Gasteiger partial charge in [-0.1, -0.05) is 12.2 Å². The molecule has 94 valence electrons. The van der Waals surface area contributed by atoms with Gasteiger partial charge in [-0.25, -0.2) is 0 Å². The first-order valence-corrected chi connectivity index (χ1v) is 6.18. The maximum atomic E-state index is 11.6. The van der Waals surface area contributed by atoms with Crippen molar-refractivity contribution in [1.29, 1.82) is 0 Å². The Morgan fingerprint density at radius 3 is 2.89 bits per heavy atom. The van der Waals surface area contributed by atoms with E-state index < -0.39 is 0 Å². The summed E-state index contributed by atoms with van der Waals surface area (Å²) in [5, 5.41) is 3.81. The molecule has 0 bridgehead atoms. The third-order valence-electron chi connectivity index (χ3n) is 2.74. The Bertz CT molecular complexity index is 603. The van der Waals surface area contributed by atoms with Crippen molar-refractivity contribution in [2.45, 2.75) is 13.5 Å². The number of carbonyl (C=O) groups is 1. The van der Waals surface area contributed by atoms with Crippen LogP contribution in [0, 0.1) is 0 Å². The Balaban J connectivity index is 2.31. The van der Waals surface area contributed by atoms with Gasteiger partial charge in [-0.2, -0.15) is 0 Å². The van der Waals surface area contributed by atoms with Gasteiger partial charge in [0.25, 0.3) is 0 Å². The van der Waals surface area contributed by atoms with Gasteiger partial charge in [0.1, 0.15) is 11.5 Å². The first-order valence-electron chi connectivity index (χ1n) is 5.77. The van der Waals surface area contributed by atoms with Crippen LogP contribution < -0.4 is 11.1 Å². The van der Waals surface area contributed by atoms with Crippen molar-refractivity contribution in [2.24, 2.45) is 5.73 Å². The van der Waals surface area contributed by atoms with E-state index in [-0.39, 0.29) is 5.91 Å². The zero-order valence-corrected chi connectivity index (χ0v) is 11.0. The van der Waals surface area contributed by atoms with Crippen LogP contribution in [0.4, 0.5) is 0 Å². The van der Waals surface area contributed by atoms with Crippen LogP contribution in [0.15, 0.2) is 30.5 Å². The Hall–Kier alpha value is -1.88. The molecule has 0 radical (unpaired) electrons. The molecule has 1 amide bonds. The number of fused-ring (bicyclic) bond motifs is 1. The number of carbonyl (C=O) groups excluding carboxylic acids is 1. The van der Waals surface area contributed by atoms with Gasteiger partial charge in [-0.15, -0.1) is 0 Å². The maximum absolute atomic E-state index is 11.6. The molecule has 1 aromatic carbocycles. The van der Waals surface area contributed by atoms with Gasteiger partial charge in [0.05, 0.1) is 0 Å². The Morgan fingerprint density at radius 2 is 2.22 bits per heavy atom. The van der Waals surface area contributed by atoms with E-state index in [2.05, 4.69) is 5.32 Å². The predicted octanol–water partition coefficient (Wildman–Crippen LogP) is 1.41. The standard InChI is InChI=1S/C13H15N3OS/c1-2-15-12(17)8-16-6-5-9-7-10(13(14)18)3-4-11(9)16/h3-7H,2,8H2,1H3,(H2,14,18)(H,15,17). The number of hydrogen-bond acceptors (Lipinski definition) is 2. The molecule has 2 rings (SSSR count). The van der Waals surface area contributed by atoms with E-state index in [0.29, 0.717) is 18.1 Å². The summed E-state index contributed by atoms with van der Waals surface area (Å²) in [5.41, 5.74) is 7.43. The number of amides is 1. The highest BCUT2D eigenvalue weighted by Gasteiger charge is 2.06. The van der Waals surface area contributed by atoms with Crippen molar-refractivity contribution in [2.75, 3.05) is 6.54 Å². The Morgan fingerprint density at radius 1 is 1.44 bits per heavy atom. The lowest BCUT2D eigenvalue weighted by molar-refractivity contribution is -0.121. The molecule has 3 N–H and O–H groups in total. The number of nitrogens with two attached hydrogens (primary N) is 1. The van der Waals surface area contributed by atoms with Gasteiger partial charge in [0.15, 0.2) is 0 Å². The van der Waals surface area contributed by atoms with Crippen LogP contribution in [0.5, 0.6) is 0 Å². The highest BCUT2D eigenvalue weighted by Crippen LogP contribution is 2.17. The fourth-order valence-electron chi connectivity index (χ4n) is 1.90. The average molecular weight is 261 g/mol. The predicted molar refractivity (Wildman–Crippen MR) is 76.5 cm³/mol. The summed E-state index contributed by atoms with van der Waals surface area (Å²) in [6.45, 7) is 2.87. The molecule has 2 aromatic rings. The van der Waals surface area contributed by atoms with Crippen molar-refractivity contribution >= 4 is 34.0 Å². The highest BCUT2D eigenvalue weighted by molar-refractivity contribution is 7.80. The molecule has 0 aliphatic heterocycles. The van der Waals surface area contributed by atoms with Crippen molar-refractivity contribution in [1.82, 2.24) is 9.88 Å². The lowest BCUT2D eigenvalue weighted by atomic mass is 10.1. The molecule has 1 aromatic heterocycles. The summed E-state index contributed by atoms with van der Waals surface area (Å²) < 4.78 is 1.91. The molecule has 4 nitrogen and oxygen atoms in total. The van der Waals surface area contributed by atoms with Crippen molar-refractivity contribution < 1.29 is 4.79 Å². The molecule has 18 heavy (non-hydrogen) atoms. The molecule has 0 spiro atoms. The van der Waals surface area contributed by atoms with Crippen LogP contribution in [0.1, 0.15) is 12.5 Å². The minimum Gasteiger partial charge on any atom is -0.389 e. The largest absolute Gasteiger partial charge is 0.389 e. The van der Waals surface area contributed by atoms with E-state index in [4.69, 9.17) is 18.0 Å². The fourth-order valence-corrected chi connectivity index (χ4v) is 2.03. The van der Waals surface area contributed by atoms with Gasteiger partial charge in [0.2, 0.25) is 5.91 Å². The molecule has 0 atom stereocenters. The van der Waals surface area contributed by atoms with Gasteiger partial charge < -0.3 is 15.6 Å². The van der Waals surface area contributed by atoms with Gasteiger partial charge >= 0.3 is 0 Å². The lowest BCUT2D eigenvalue weighted by Gasteiger charge is -2.06. The second-order valence-electron chi connectivity index (χ2n) is 4.03. The quantitative estimate of drug-likeness (QED) is 0.818. The summed E-state index contributed by atoms with van der Waals surface area (Å²) in [6.07, 6.45) is 1.89. The van der Waals surface area contributed by atoms with Crippen LogP contribution >= 0.6 is 12.2 Å². The number of benzene rings is 1. The number of thiocarbonyl (C=S) groups is 1. The van der Waals surface area contributed by atoms with E-state index in [1.165, 1.54) is 0 Å². The number of nitrogens with zero attached hydrogens (tertiary/aromatic N) is 1. The number of likely N-dealkylation sites (N-methyl/N-ethyl adjacent to an activating group) is 1. The SMILES string of the molecule is CCNC(=O)Cn1ccc2cc(C(N)=S)ccc21. The number of rotatable bonds is 4. The van der Waals surface area contributed by atoms with Crippen LogP contribution in [0.25, 0.3) is 10.9 Å². The molecule has 0 saturated carbocycles. The minimum absolute atomic E-state index is 0.00780. The van der Waals surface area contributed by atoms with Gasteiger partial charge in [-0.3, -0.25) is 4.79 Å². The average Bonchev–Trinajstić information content (AvgIpc) is 2.72. The number of nitrogens with one attached hydrogen (secondary N) is 1. The monoisotopic (exact) mass is 261 g/mol. The molecule has 0 saturated heterocycles. The summed E-state index contributed by atoms with van der Waals surface area (Å²) in [5.74, 6) is 0.00780. The van der Waals surface area contributed by atoms with Crippen LogP contribution in [0.3, 0.4) is 0 Å². The molecule has 0 unspecified atom stereocenters. The number of hydrogen-bond donors (Lipinski definition) is 2. The highest BCUT2D eigenvalue weighted by atomic mass is 32.1. The minimum atomic E-state index is 0.00780. The third-order valence-corrected chi connectivity index (χ3v) is 2.98. The maximum Gasteiger partial charge on any atom is 0.239 e. The van der Waals surface area contributed by atoms with E-state index in [0.717, 1.165) is 16.5 Å². The Labute approximate surface area is 111 Å². The summed E-state index contributed by atoms with van der Waals surface area (Å²) >= 11 is 4.94. The zero-order chi connectivity index (χ0) is 13.1. The van der Waals surface area contributed by atoms with Gasteiger partial charge in [-0.05, 0) is 31.2 Å². The van der Waals surface area contributed by atoms with E-state index in [9.17, 15) is 4.79 Å². The molecule has 5 heteroatoms. The molecule has 0 fully saturated rings. The first kappa shape index (κ1) is 12.6. The number of aromatic nitrogens is 1. The third kappa shape index (κ3) is 2.51. The molecular weight excluding hydrogens is 246 g/mol. The topological polar surface area (TPSA) is 60.0 Å². The summed E-state index contributed by atoms with van der Waals surface area (Å²) in [4.78, 5) is 11.9. The van der Waals surface area contributed by atoms with Crippen molar-refractivity contribution in [3.05, 3.63) is 36.0 Å². The second-order valence-corrected chi connectivity index (χ2v) is 4.47. The van der Waals surface area contributed by atoms with Crippen LogP contribution in [-0.2, 0) is 11.3 Å². The fraction of sp³-hybridized carbons (Fsp3) is 0.231. The smallest absolute Gasteiger partial charge is 0.239 e. The summed E-state index contributed by atoms with van der Waals surface area (Å²) in [6, 6.07) is 7.70. The first-order chi connectivity index (χ1) is 8.61. The lowest BCUT2D eigenvalue weighted by Crippen LogP contribution is -2.26.